The molecular formula is C11H8F5N3O2. The molecule has 0 bridgehead atoms. The minimum atomic E-state index is -4.86. The van der Waals surface area contributed by atoms with Gasteiger partial charge in [-0.15, -0.1) is 0 Å². The fourth-order valence-electron chi connectivity index (χ4n) is 1.50. The van der Waals surface area contributed by atoms with Crippen molar-refractivity contribution in [2.24, 2.45) is 0 Å². The lowest BCUT2D eigenvalue weighted by atomic mass is 10.1. The van der Waals surface area contributed by atoms with Crippen LogP contribution in [-0.4, -0.2) is 17.3 Å². The average Bonchev–Trinajstić information content (AvgIpc) is 2.90. The molecule has 0 aliphatic heterocycles. The van der Waals surface area contributed by atoms with E-state index in [9.17, 15) is 22.0 Å². The molecule has 0 atom stereocenters. The van der Waals surface area contributed by atoms with Gasteiger partial charge in [-0.2, -0.15) is 23.6 Å². The molecule has 114 valence electrons. The lowest BCUT2D eigenvalue weighted by Crippen LogP contribution is -2.13. The van der Waals surface area contributed by atoms with Gasteiger partial charge >= 0.3 is 12.1 Å². The first kappa shape index (κ1) is 15.3. The van der Waals surface area contributed by atoms with E-state index in [2.05, 4.69) is 25.0 Å². The third kappa shape index (κ3) is 3.16. The highest BCUT2D eigenvalue weighted by Gasteiger charge is 2.38. The molecule has 0 fully saturated rings. The van der Waals surface area contributed by atoms with Crippen LogP contribution in [0.1, 0.15) is 11.5 Å². The Morgan fingerprint density at radius 2 is 1.95 bits per heavy atom. The molecule has 1 heterocycles. The Bertz CT molecular complexity index is 641. The number of nitrogens with zero attached hydrogens (tertiary/aromatic N) is 2. The second-order valence-electron chi connectivity index (χ2n) is 3.85. The summed E-state index contributed by atoms with van der Waals surface area (Å²) in [7, 11) is 1.29. The molecule has 0 spiro atoms. The van der Waals surface area contributed by atoms with Gasteiger partial charge < -0.3 is 9.36 Å². The zero-order valence-electron chi connectivity index (χ0n) is 10.5. The van der Waals surface area contributed by atoms with Crippen LogP contribution in [0.2, 0.25) is 0 Å². The number of alkyl halides is 3. The summed E-state index contributed by atoms with van der Waals surface area (Å²) in [6.45, 7) is -0.125. The molecule has 5 nitrogen and oxygen atoms in total. The van der Waals surface area contributed by atoms with Crippen LogP contribution in [0, 0.1) is 11.6 Å². The maximum atomic E-state index is 13.8. The first-order valence-electron chi connectivity index (χ1n) is 5.48. The summed E-state index contributed by atoms with van der Waals surface area (Å²) in [5.74, 6) is -4.94. The Morgan fingerprint density at radius 3 is 2.52 bits per heavy atom. The third-order valence-corrected chi connectivity index (χ3v) is 2.48. The average molecular weight is 309 g/mol. The van der Waals surface area contributed by atoms with Gasteiger partial charge in [0.2, 0.25) is 5.82 Å². The van der Waals surface area contributed by atoms with Gasteiger partial charge in [-0.05, 0) is 6.07 Å². The van der Waals surface area contributed by atoms with Crippen molar-refractivity contribution in [3.63, 3.8) is 0 Å². The molecule has 0 unspecified atom stereocenters. The summed E-state index contributed by atoms with van der Waals surface area (Å²) in [6.07, 6.45) is -4.86. The molecule has 0 saturated heterocycles. The van der Waals surface area contributed by atoms with E-state index in [1.54, 1.807) is 0 Å². The van der Waals surface area contributed by atoms with Crippen LogP contribution in [0.3, 0.4) is 0 Å². The largest absolute Gasteiger partial charge is 0.471 e. The van der Waals surface area contributed by atoms with Crippen molar-refractivity contribution in [3.05, 3.63) is 35.2 Å². The number of rotatable bonds is 4. The predicted octanol–water partition coefficient (Wildman–Crippen LogP) is 2.68. The lowest BCUT2D eigenvalue weighted by Gasteiger charge is -2.06. The SMILES string of the molecule is CONCc1ccc(-c2noc(C(F)(F)F)n2)c(F)c1F. The van der Waals surface area contributed by atoms with Gasteiger partial charge in [-0.1, -0.05) is 11.2 Å². The minimum absolute atomic E-state index is 0.0716. The van der Waals surface area contributed by atoms with Crippen LogP contribution in [0.25, 0.3) is 11.4 Å². The van der Waals surface area contributed by atoms with Crippen molar-refractivity contribution >= 4 is 0 Å². The third-order valence-electron chi connectivity index (χ3n) is 2.48. The molecular weight excluding hydrogens is 301 g/mol. The molecule has 1 N–H and O–H groups in total. The van der Waals surface area contributed by atoms with Crippen LogP contribution < -0.4 is 5.48 Å². The molecule has 1 aromatic carbocycles. The van der Waals surface area contributed by atoms with Crippen LogP contribution in [0.4, 0.5) is 22.0 Å². The second-order valence-corrected chi connectivity index (χ2v) is 3.85. The Kier molecular flexibility index (Phi) is 4.19. The second kappa shape index (κ2) is 5.74. The summed E-state index contributed by atoms with van der Waals surface area (Å²) in [4.78, 5) is 7.49. The van der Waals surface area contributed by atoms with E-state index in [0.29, 0.717) is 0 Å². The molecule has 2 aromatic rings. The molecule has 0 aliphatic carbocycles. The number of nitrogens with one attached hydrogen (secondary N) is 1. The van der Waals surface area contributed by atoms with Crippen molar-refractivity contribution in [1.82, 2.24) is 15.6 Å². The minimum Gasteiger partial charge on any atom is -0.329 e. The maximum absolute atomic E-state index is 13.8. The first-order chi connectivity index (χ1) is 9.84. The van der Waals surface area contributed by atoms with Crippen molar-refractivity contribution in [1.29, 1.82) is 0 Å². The van der Waals surface area contributed by atoms with Crippen LogP contribution in [0.5, 0.6) is 0 Å². The zero-order valence-corrected chi connectivity index (χ0v) is 10.5. The maximum Gasteiger partial charge on any atom is 0.471 e. The van der Waals surface area contributed by atoms with Crippen molar-refractivity contribution < 1.29 is 31.3 Å². The van der Waals surface area contributed by atoms with Crippen molar-refractivity contribution in [2.45, 2.75) is 12.7 Å². The number of aromatic nitrogens is 2. The van der Waals surface area contributed by atoms with Gasteiger partial charge in [0.25, 0.3) is 0 Å². The van der Waals surface area contributed by atoms with E-state index in [0.717, 1.165) is 6.07 Å². The molecule has 0 radical (unpaired) electrons. The van der Waals surface area contributed by atoms with E-state index in [1.165, 1.54) is 13.2 Å². The topological polar surface area (TPSA) is 60.2 Å². The fourth-order valence-corrected chi connectivity index (χ4v) is 1.50. The summed E-state index contributed by atoms with van der Waals surface area (Å²) in [5, 5.41) is 2.99. The fraction of sp³-hybridized carbons (Fsp3) is 0.273. The Labute approximate surface area is 114 Å². The van der Waals surface area contributed by atoms with E-state index in [4.69, 9.17) is 0 Å². The number of hydroxylamine groups is 1. The zero-order chi connectivity index (χ0) is 15.6. The van der Waals surface area contributed by atoms with Gasteiger partial charge in [0, 0.05) is 12.1 Å². The van der Waals surface area contributed by atoms with E-state index < -0.39 is 35.1 Å². The highest BCUT2D eigenvalue weighted by molar-refractivity contribution is 5.56. The molecule has 21 heavy (non-hydrogen) atoms. The predicted molar refractivity (Wildman–Crippen MR) is 58.5 cm³/mol. The summed E-state index contributed by atoms with van der Waals surface area (Å²) in [6, 6.07) is 2.22. The number of halogens is 5. The normalized spacial score (nSPS) is 11.9. The standard InChI is InChI=1S/C11H8F5N3O2/c1-20-17-4-5-2-3-6(8(13)7(5)12)9-18-10(21-19-9)11(14,15)16/h2-3,17H,4H2,1H3. The number of hydrogen-bond donors (Lipinski definition) is 1. The van der Waals surface area contributed by atoms with Crippen molar-refractivity contribution in [2.75, 3.05) is 7.11 Å². The summed E-state index contributed by atoms with van der Waals surface area (Å²) in [5.41, 5.74) is 1.70. The summed E-state index contributed by atoms with van der Waals surface area (Å²) >= 11 is 0. The van der Waals surface area contributed by atoms with Gasteiger partial charge in [-0.25, -0.2) is 8.78 Å². The molecule has 2 rings (SSSR count). The Hall–Kier alpha value is -2.07. The van der Waals surface area contributed by atoms with Gasteiger partial charge in [-0.3, -0.25) is 0 Å². The van der Waals surface area contributed by atoms with Gasteiger partial charge in [0.1, 0.15) is 0 Å². The molecule has 0 saturated carbocycles. The molecule has 1 aromatic heterocycles. The Morgan fingerprint density at radius 1 is 1.24 bits per heavy atom. The monoisotopic (exact) mass is 309 g/mol. The van der Waals surface area contributed by atoms with Gasteiger partial charge in [0.05, 0.1) is 12.7 Å². The quantitative estimate of drug-likeness (QED) is 0.695. The molecule has 0 aliphatic rings. The smallest absolute Gasteiger partial charge is 0.329 e. The molecule has 10 heteroatoms. The van der Waals surface area contributed by atoms with Crippen molar-refractivity contribution in [3.8, 4) is 11.4 Å². The van der Waals surface area contributed by atoms with Gasteiger partial charge in [0.15, 0.2) is 11.6 Å². The van der Waals surface area contributed by atoms with Crippen LogP contribution in [-0.2, 0) is 17.6 Å². The number of hydrogen-bond acceptors (Lipinski definition) is 5. The molecule has 0 amide bonds. The van der Waals surface area contributed by atoms with Crippen LogP contribution >= 0.6 is 0 Å². The highest BCUT2D eigenvalue weighted by atomic mass is 19.4. The Balaban J connectivity index is 2.37. The highest BCUT2D eigenvalue weighted by Crippen LogP contribution is 2.30. The van der Waals surface area contributed by atoms with E-state index >= 15 is 0 Å². The van der Waals surface area contributed by atoms with E-state index in [1.807, 2.05) is 0 Å². The number of benzene rings is 1. The van der Waals surface area contributed by atoms with Crippen LogP contribution in [0.15, 0.2) is 16.7 Å². The van der Waals surface area contributed by atoms with E-state index in [-0.39, 0.29) is 12.1 Å². The summed E-state index contributed by atoms with van der Waals surface area (Å²) < 4.78 is 68.5. The first-order valence-corrected chi connectivity index (χ1v) is 5.48. The lowest BCUT2D eigenvalue weighted by molar-refractivity contribution is -0.159.